The first-order valence-electron chi connectivity index (χ1n) is 9.73. The summed E-state index contributed by atoms with van der Waals surface area (Å²) < 4.78 is 48.0. The topological polar surface area (TPSA) is 110 Å². The summed E-state index contributed by atoms with van der Waals surface area (Å²) in [6, 6.07) is 7.19. The van der Waals surface area contributed by atoms with Crippen LogP contribution in [0.15, 0.2) is 53.5 Å². The number of rotatable bonds is 7. The maximum atomic E-state index is 13.4. The lowest BCUT2D eigenvalue weighted by Gasteiger charge is -2.22. The molecule has 0 bridgehead atoms. The zero-order valence-electron chi connectivity index (χ0n) is 17.6. The molecule has 4 rings (SSSR count). The van der Waals surface area contributed by atoms with E-state index in [0.29, 0.717) is 21.1 Å². The van der Waals surface area contributed by atoms with Crippen LogP contribution in [0.2, 0.25) is 0 Å². The van der Waals surface area contributed by atoms with Gasteiger partial charge < -0.3 is 14.3 Å². The second-order valence-corrected chi connectivity index (χ2v) is 10.2. The Labute approximate surface area is 202 Å². The Hall–Kier alpha value is -3.00. The third-order valence-corrected chi connectivity index (χ3v) is 6.89. The molecule has 0 aliphatic rings. The van der Waals surface area contributed by atoms with Crippen LogP contribution in [0, 0.1) is 9.39 Å². The van der Waals surface area contributed by atoms with Crippen molar-refractivity contribution >= 4 is 55.4 Å². The molecule has 33 heavy (non-hydrogen) atoms. The third kappa shape index (κ3) is 4.71. The number of aromatic nitrogens is 3. The van der Waals surface area contributed by atoms with E-state index in [9.17, 15) is 17.6 Å². The van der Waals surface area contributed by atoms with E-state index in [1.807, 2.05) is 22.6 Å². The second kappa shape index (κ2) is 9.09. The number of imidazole rings is 1. The average Bonchev–Trinajstić information content (AvgIpc) is 3.41. The van der Waals surface area contributed by atoms with Gasteiger partial charge in [-0.25, -0.2) is 17.8 Å². The number of hydrogen-bond acceptors (Lipinski definition) is 6. The van der Waals surface area contributed by atoms with Crippen LogP contribution in [-0.4, -0.2) is 48.7 Å². The van der Waals surface area contributed by atoms with Gasteiger partial charge in [-0.05, 0) is 52.9 Å². The molecule has 1 aromatic carbocycles. The zero-order chi connectivity index (χ0) is 23.8. The molecule has 0 spiro atoms. The molecule has 3 aromatic heterocycles. The molecule has 0 atom stereocenters. The lowest BCUT2D eigenvalue weighted by molar-refractivity contribution is 0.0964. The summed E-state index contributed by atoms with van der Waals surface area (Å²) in [5.74, 6) is -0.422. The summed E-state index contributed by atoms with van der Waals surface area (Å²) >= 11 is 1.99. The number of furan rings is 1. The van der Waals surface area contributed by atoms with Crippen LogP contribution in [0.25, 0.3) is 22.4 Å². The molecule has 0 aliphatic heterocycles. The Morgan fingerprint density at radius 3 is 2.64 bits per heavy atom. The Morgan fingerprint density at radius 2 is 2.03 bits per heavy atom. The monoisotopic (exact) mass is 583 g/mol. The number of sulfonamides is 1. The van der Waals surface area contributed by atoms with Gasteiger partial charge in [0.05, 0.1) is 33.6 Å². The largest absolute Gasteiger partial charge is 0.437 e. The normalized spacial score (nSPS) is 11.6. The van der Waals surface area contributed by atoms with E-state index < -0.39 is 21.7 Å². The molecular weight excluding hydrogens is 564 g/mol. The predicted molar refractivity (Wildman–Crippen MR) is 130 cm³/mol. The van der Waals surface area contributed by atoms with Crippen molar-refractivity contribution in [3.8, 4) is 11.3 Å². The number of fused-ring (bicyclic) bond motifs is 1. The summed E-state index contributed by atoms with van der Waals surface area (Å²) in [5, 5.41) is 3.00. The number of benzene rings is 1. The molecule has 0 radical (unpaired) electrons. The van der Waals surface area contributed by atoms with Gasteiger partial charge in [-0.1, -0.05) is 0 Å². The average molecular weight is 583 g/mol. The van der Waals surface area contributed by atoms with E-state index in [1.165, 1.54) is 35.6 Å². The molecule has 0 fully saturated rings. The SMILES string of the molecule is CNC(=O)c1c(-c2ccc(F)cc2)oc2nc(N(CCn3ccnc3)S(C)(=O)=O)c(I)cc12. The van der Waals surface area contributed by atoms with Crippen LogP contribution in [0.5, 0.6) is 0 Å². The fourth-order valence-electron chi connectivity index (χ4n) is 3.37. The first-order chi connectivity index (χ1) is 15.7. The number of hydrogen-bond donors (Lipinski definition) is 1. The van der Waals surface area contributed by atoms with Crippen molar-refractivity contribution in [1.29, 1.82) is 0 Å². The zero-order valence-corrected chi connectivity index (χ0v) is 20.6. The number of carbonyl (C=O) groups is 1. The second-order valence-electron chi connectivity index (χ2n) is 7.17. The smallest absolute Gasteiger partial charge is 0.255 e. The lowest BCUT2D eigenvalue weighted by Crippen LogP contribution is -2.34. The van der Waals surface area contributed by atoms with Gasteiger partial charge in [0.1, 0.15) is 11.6 Å². The van der Waals surface area contributed by atoms with E-state index in [2.05, 4.69) is 15.3 Å². The molecule has 3 heterocycles. The molecule has 172 valence electrons. The van der Waals surface area contributed by atoms with Gasteiger partial charge in [-0.3, -0.25) is 9.10 Å². The van der Waals surface area contributed by atoms with Crippen molar-refractivity contribution in [3.63, 3.8) is 0 Å². The maximum absolute atomic E-state index is 13.4. The summed E-state index contributed by atoms with van der Waals surface area (Å²) in [6.07, 6.45) is 6.04. The fourth-order valence-corrected chi connectivity index (χ4v) is 5.13. The predicted octanol–water partition coefficient (Wildman–Crippen LogP) is 3.26. The quantitative estimate of drug-likeness (QED) is 0.335. The van der Waals surface area contributed by atoms with Gasteiger partial charge in [-0.15, -0.1) is 0 Å². The standard InChI is InChI=1S/C21H19FIN5O4S/c1-24-20(29)17-15-11-16(23)19(28(33(2,30)31)10-9-27-8-7-25-12-27)26-21(15)32-18(17)13-3-5-14(22)6-4-13/h3-8,11-12H,9-10H2,1-2H3,(H,24,29). The Balaban J connectivity index is 1.86. The first kappa shape index (κ1) is 23.2. The molecule has 0 saturated heterocycles. The van der Waals surface area contributed by atoms with Crippen molar-refractivity contribution in [1.82, 2.24) is 19.9 Å². The number of pyridine rings is 1. The molecule has 0 saturated carbocycles. The van der Waals surface area contributed by atoms with Gasteiger partial charge >= 0.3 is 0 Å². The van der Waals surface area contributed by atoms with Gasteiger partial charge in [0.25, 0.3) is 5.91 Å². The molecule has 9 nitrogen and oxygen atoms in total. The highest BCUT2D eigenvalue weighted by Gasteiger charge is 2.27. The summed E-state index contributed by atoms with van der Waals surface area (Å²) in [4.78, 5) is 21.1. The Morgan fingerprint density at radius 1 is 1.30 bits per heavy atom. The maximum Gasteiger partial charge on any atom is 0.255 e. The number of amides is 1. The van der Waals surface area contributed by atoms with Gasteiger partial charge in [0.15, 0.2) is 5.82 Å². The third-order valence-electron chi connectivity index (χ3n) is 4.94. The van der Waals surface area contributed by atoms with Crippen molar-refractivity contribution in [2.75, 3.05) is 24.2 Å². The highest BCUT2D eigenvalue weighted by Crippen LogP contribution is 2.36. The molecule has 4 aromatic rings. The molecular formula is C21H19FIN5O4S. The summed E-state index contributed by atoms with van der Waals surface area (Å²) in [7, 11) is -2.18. The van der Waals surface area contributed by atoms with E-state index >= 15 is 0 Å². The minimum atomic E-state index is -3.67. The van der Waals surface area contributed by atoms with Crippen molar-refractivity contribution in [2.24, 2.45) is 0 Å². The highest BCUT2D eigenvalue weighted by molar-refractivity contribution is 14.1. The Bertz CT molecular complexity index is 1420. The van der Waals surface area contributed by atoms with Crippen LogP contribution in [0.1, 0.15) is 10.4 Å². The molecule has 1 N–H and O–H groups in total. The van der Waals surface area contributed by atoms with E-state index in [0.717, 1.165) is 6.26 Å². The highest BCUT2D eigenvalue weighted by atomic mass is 127. The minimum Gasteiger partial charge on any atom is -0.437 e. The van der Waals surface area contributed by atoms with E-state index in [4.69, 9.17) is 4.42 Å². The number of anilines is 1. The van der Waals surface area contributed by atoms with Crippen molar-refractivity contribution in [3.05, 3.63) is 64.0 Å². The van der Waals surface area contributed by atoms with Crippen LogP contribution in [0.3, 0.4) is 0 Å². The van der Waals surface area contributed by atoms with Crippen molar-refractivity contribution < 1.29 is 22.0 Å². The van der Waals surface area contributed by atoms with Gasteiger partial charge in [0.2, 0.25) is 15.7 Å². The minimum absolute atomic E-state index is 0.0969. The number of nitrogens with one attached hydrogen (secondary N) is 1. The summed E-state index contributed by atoms with van der Waals surface area (Å²) in [6.45, 7) is 0.489. The molecule has 0 aliphatic carbocycles. The Kier molecular flexibility index (Phi) is 6.38. The summed E-state index contributed by atoms with van der Waals surface area (Å²) in [5.41, 5.74) is 0.824. The number of halogens is 2. The van der Waals surface area contributed by atoms with Crippen molar-refractivity contribution in [2.45, 2.75) is 6.54 Å². The number of carbonyl (C=O) groups excluding carboxylic acids is 1. The van der Waals surface area contributed by atoms with Gasteiger partial charge in [-0.2, -0.15) is 4.98 Å². The number of nitrogens with zero attached hydrogens (tertiary/aromatic N) is 4. The molecule has 0 unspecified atom stereocenters. The van der Waals surface area contributed by atoms with Crippen LogP contribution >= 0.6 is 22.6 Å². The van der Waals surface area contributed by atoms with E-state index in [1.54, 1.807) is 29.4 Å². The first-order valence-corrected chi connectivity index (χ1v) is 12.7. The van der Waals surface area contributed by atoms with Gasteiger partial charge in [0, 0.05) is 31.5 Å². The van der Waals surface area contributed by atoms with Crippen LogP contribution in [0.4, 0.5) is 10.2 Å². The lowest BCUT2D eigenvalue weighted by atomic mass is 10.1. The molecule has 12 heteroatoms. The van der Waals surface area contributed by atoms with Crippen LogP contribution in [-0.2, 0) is 16.6 Å². The molecule has 1 amide bonds. The fraction of sp³-hybridized carbons (Fsp3) is 0.190. The van der Waals surface area contributed by atoms with E-state index in [-0.39, 0.29) is 29.4 Å². The van der Waals surface area contributed by atoms with Crippen LogP contribution < -0.4 is 9.62 Å².